The number of H-pyrrole nitrogens is 1. The molecule has 0 saturated carbocycles. The highest BCUT2D eigenvalue weighted by Crippen LogP contribution is 2.16. The first-order valence-electron chi connectivity index (χ1n) is 6.13. The van der Waals surface area contributed by atoms with Crippen LogP contribution in [-0.4, -0.2) is 41.6 Å². The number of aromatic amines is 1. The van der Waals surface area contributed by atoms with Crippen LogP contribution in [0.4, 0.5) is 0 Å². The van der Waals surface area contributed by atoms with E-state index in [0.717, 1.165) is 11.5 Å². The van der Waals surface area contributed by atoms with Gasteiger partial charge in [0.05, 0.1) is 19.3 Å². The molecule has 1 heterocycles. The first kappa shape index (κ1) is 13.9. The number of hydrogen-bond acceptors (Lipinski definition) is 5. The number of rotatable bonds is 6. The molecular formula is C13H16N4O3. The fraction of sp³-hybridized carbons (Fsp3) is 0.308. The molecule has 0 spiro atoms. The SMILES string of the molecule is COc1ccc(OCCNC(=O)c2n[nH]nc2C)cc1. The summed E-state index contributed by atoms with van der Waals surface area (Å²) < 4.78 is 10.5. The third-order valence-corrected chi connectivity index (χ3v) is 2.65. The van der Waals surface area contributed by atoms with Crippen molar-refractivity contribution in [1.82, 2.24) is 20.7 Å². The molecule has 0 aliphatic rings. The highest BCUT2D eigenvalue weighted by molar-refractivity contribution is 5.93. The molecule has 2 rings (SSSR count). The molecule has 0 radical (unpaired) electrons. The van der Waals surface area contributed by atoms with E-state index in [2.05, 4.69) is 20.7 Å². The Balaban J connectivity index is 1.73. The first-order valence-corrected chi connectivity index (χ1v) is 6.13. The van der Waals surface area contributed by atoms with Crippen molar-refractivity contribution in [3.05, 3.63) is 35.7 Å². The molecule has 0 aliphatic heterocycles. The molecule has 0 aliphatic carbocycles. The van der Waals surface area contributed by atoms with E-state index in [0.29, 0.717) is 24.5 Å². The van der Waals surface area contributed by atoms with E-state index < -0.39 is 0 Å². The van der Waals surface area contributed by atoms with Crippen LogP contribution in [-0.2, 0) is 0 Å². The Morgan fingerprint density at radius 1 is 1.25 bits per heavy atom. The predicted octanol–water partition coefficient (Wildman–Crippen LogP) is 0.931. The van der Waals surface area contributed by atoms with Crippen molar-refractivity contribution < 1.29 is 14.3 Å². The maximum absolute atomic E-state index is 11.7. The van der Waals surface area contributed by atoms with Crippen molar-refractivity contribution >= 4 is 5.91 Å². The lowest BCUT2D eigenvalue weighted by molar-refractivity contribution is 0.0941. The Morgan fingerprint density at radius 2 is 1.95 bits per heavy atom. The number of carbonyl (C=O) groups excluding carboxylic acids is 1. The van der Waals surface area contributed by atoms with Crippen LogP contribution >= 0.6 is 0 Å². The van der Waals surface area contributed by atoms with Gasteiger partial charge in [0.25, 0.3) is 5.91 Å². The van der Waals surface area contributed by atoms with Crippen molar-refractivity contribution in [1.29, 1.82) is 0 Å². The average Bonchev–Trinajstić information content (AvgIpc) is 2.90. The van der Waals surface area contributed by atoms with Crippen LogP contribution in [0.3, 0.4) is 0 Å². The number of nitrogens with zero attached hydrogens (tertiary/aromatic N) is 2. The van der Waals surface area contributed by atoms with Gasteiger partial charge in [-0.15, -0.1) is 0 Å². The van der Waals surface area contributed by atoms with Crippen molar-refractivity contribution in [2.75, 3.05) is 20.3 Å². The molecule has 1 aromatic carbocycles. The maximum atomic E-state index is 11.7. The van der Waals surface area contributed by atoms with E-state index in [1.165, 1.54) is 0 Å². The number of aromatic nitrogens is 3. The molecule has 0 atom stereocenters. The van der Waals surface area contributed by atoms with Gasteiger partial charge in [0, 0.05) is 0 Å². The lowest BCUT2D eigenvalue weighted by atomic mass is 10.3. The van der Waals surface area contributed by atoms with Crippen LogP contribution in [0.2, 0.25) is 0 Å². The molecule has 20 heavy (non-hydrogen) atoms. The molecule has 2 N–H and O–H groups in total. The Bertz CT molecular complexity index is 565. The lowest BCUT2D eigenvalue weighted by Crippen LogP contribution is -2.28. The fourth-order valence-electron chi connectivity index (χ4n) is 1.59. The summed E-state index contributed by atoms with van der Waals surface area (Å²) >= 11 is 0. The van der Waals surface area contributed by atoms with E-state index in [4.69, 9.17) is 9.47 Å². The second-order valence-electron chi connectivity index (χ2n) is 4.04. The van der Waals surface area contributed by atoms with Gasteiger partial charge < -0.3 is 14.8 Å². The Labute approximate surface area is 116 Å². The van der Waals surface area contributed by atoms with Gasteiger partial charge in [-0.25, -0.2) is 0 Å². The third kappa shape index (κ3) is 3.47. The van der Waals surface area contributed by atoms with Crippen LogP contribution in [0.1, 0.15) is 16.2 Å². The quantitative estimate of drug-likeness (QED) is 0.766. The molecule has 7 heteroatoms. The highest BCUT2D eigenvalue weighted by Gasteiger charge is 2.12. The zero-order valence-corrected chi connectivity index (χ0v) is 11.3. The Kier molecular flexibility index (Phi) is 4.54. The summed E-state index contributed by atoms with van der Waals surface area (Å²) in [5.41, 5.74) is 0.869. The van der Waals surface area contributed by atoms with E-state index in [9.17, 15) is 4.79 Å². The van der Waals surface area contributed by atoms with Gasteiger partial charge >= 0.3 is 0 Å². The lowest BCUT2D eigenvalue weighted by Gasteiger charge is -2.07. The van der Waals surface area contributed by atoms with Crippen molar-refractivity contribution in [2.45, 2.75) is 6.92 Å². The molecule has 106 valence electrons. The van der Waals surface area contributed by atoms with Crippen LogP contribution in [0, 0.1) is 6.92 Å². The van der Waals surface area contributed by atoms with Crippen molar-refractivity contribution in [2.24, 2.45) is 0 Å². The number of methoxy groups -OCH3 is 1. The summed E-state index contributed by atoms with van der Waals surface area (Å²) in [6, 6.07) is 7.24. The van der Waals surface area contributed by atoms with Crippen LogP contribution in [0.15, 0.2) is 24.3 Å². The second kappa shape index (κ2) is 6.55. The van der Waals surface area contributed by atoms with E-state index in [1.54, 1.807) is 14.0 Å². The zero-order valence-electron chi connectivity index (χ0n) is 11.3. The fourth-order valence-corrected chi connectivity index (χ4v) is 1.59. The predicted molar refractivity (Wildman–Crippen MR) is 71.9 cm³/mol. The molecule has 0 unspecified atom stereocenters. The van der Waals surface area contributed by atoms with E-state index in [-0.39, 0.29) is 5.91 Å². The molecule has 1 amide bonds. The van der Waals surface area contributed by atoms with Crippen molar-refractivity contribution in [3.63, 3.8) is 0 Å². The van der Waals surface area contributed by atoms with Gasteiger partial charge in [0.1, 0.15) is 18.1 Å². The van der Waals surface area contributed by atoms with E-state index >= 15 is 0 Å². The van der Waals surface area contributed by atoms with Crippen LogP contribution in [0.5, 0.6) is 11.5 Å². The molecule has 0 saturated heterocycles. The minimum absolute atomic E-state index is 0.269. The number of nitrogens with one attached hydrogen (secondary N) is 2. The molecular weight excluding hydrogens is 260 g/mol. The number of ether oxygens (including phenoxy) is 2. The number of carbonyl (C=O) groups is 1. The van der Waals surface area contributed by atoms with Gasteiger partial charge in [0.15, 0.2) is 5.69 Å². The summed E-state index contributed by atoms with van der Waals surface area (Å²) in [5, 5.41) is 12.7. The van der Waals surface area contributed by atoms with Gasteiger partial charge in [-0.1, -0.05) is 0 Å². The standard InChI is InChI=1S/C13H16N4O3/c1-9-12(16-17-15-9)13(18)14-7-8-20-11-5-3-10(19-2)4-6-11/h3-6H,7-8H2,1-2H3,(H,14,18)(H,15,16,17). The Hall–Kier alpha value is -2.57. The molecule has 1 aromatic heterocycles. The second-order valence-corrected chi connectivity index (χ2v) is 4.04. The largest absolute Gasteiger partial charge is 0.497 e. The minimum Gasteiger partial charge on any atom is -0.497 e. The molecule has 0 bridgehead atoms. The van der Waals surface area contributed by atoms with Crippen LogP contribution < -0.4 is 14.8 Å². The average molecular weight is 276 g/mol. The number of amides is 1. The van der Waals surface area contributed by atoms with Gasteiger partial charge in [-0.05, 0) is 31.2 Å². The topological polar surface area (TPSA) is 89.1 Å². The summed E-state index contributed by atoms with van der Waals surface area (Å²) in [4.78, 5) is 11.7. The molecule has 7 nitrogen and oxygen atoms in total. The van der Waals surface area contributed by atoms with Crippen LogP contribution in [0.25, 0.3) is 0 Å². The van der Waals surface area contributed by atoms with Gasteiger partial charge in [0.2, 0.25) is 0 Å². The molecule has 0 fully saturated rings. The number of aryl methyl sites for hydroxylation is 1. The van der Waals surface area contributed by atoms with Crippen molar-refractivity contribution in [3.8, 4) is 11.5 Å². The summed E-state index contributed by atoms with van der Waals surface area (Å²) in [5.74, 6) is 1.22. The number of hydrogen-bond donors (Lipinski definition) is 2. The normalized spacial score (nSPS) is 10.1. The maximum Gasteiger partial charge on any atom is 0.273 e. The zero-order chi connectivity index (χ0) is 14.4. The summed E-state index contributed by atoms with van der Waals surface area (Å²) in [6.07, 6.45) is 0. The van der Waals surface area contributed by atoms with E-state index in [1.807, 2.05) is 24.3 Å². The molecule has 2 aromatic rings. The Morgan fingerprint density at radius 3 is 2.55 bits per heavy atom. The smallest absolute Gasteiger partial charge is 0.273 e. The number of benzene rings is 1. The van der Waals surface area contributed by atoms with Gasteiger partial charge in [-0.3, -0.25) is 4.79 Å². The highest BCUT2D eigenvalue weighted by atomic mass is 16.5. The van der Waals surface area contributed by atoms with Gasteiger partial charge in [-0.2, -0.15) is 15.4 Å². The summed E-state index contributed by atoms with van der Waals surface area (Å²) in [7, 11) is 1.61. The summed E-state index contributed by atoms with van der Waals surface area (Å²) in [6.45, 7) is 2.47. The third-order valence-electron chi connectivity index (χ3n) is 2.65. The minimum atomic E-state index is -0.269. The monoisotopic (exact) mass is 276 g/mol. The first-order chi connectivity index (χ1) is 9.70.